The SMILES string of the molecule is CC1Cc2c([nH]c3ccccc23)C2C3CC=CCC3C[NH+]12. The van der Waals surface area contributed by atoms with Crippen molar-refractivity contribution in [2.75, 3.05) is 6.54 Å². The van der Waals surface area contributed by atoms with Crippen molar-refractivity contribution in [1.29, 1.82) is 0 Å². The van der Waals surface area contributed by atoms with Gasteiger partial charge in [-0.25, -0.2) is 0 Å². The first-order valence-corrected chi connectivity index (χ1v) is 8.43. The van der Waals surface area contributed by atoms with Crippen LogP contribution in [-0.4, -0.2) is 17.6 Å². The number of rotatable bonds is 0. The first kappa shape index (κ1) is 12.0. The number of nitrogens with one attached hydrogen (secondary N) is 2. The molecule has 5 unspecified atom stereocenters. The molecule has 2 N–H and O–H groups in total. The third-order valence-electron chi connectivity index (χ3n) is 6.25. The van der Waals surface area contributed by atoms with Crippen LogP contribution in [0.5, 0.6) is 0 Å². The first-order valence-electron chi connectivity index (χ1n) is 8.43. The molecule has 2 aromatic rings. The number of aromatic amines is 1. The third-order valence-corrected chi connectivity index (χ3v) is 6.25. The van der Waals surface area contributed by atoms with Crippen LogP contribution < -0.4 is 4.90 Å². The van der Waals surface area contributed by atoms with Gasteiger partial charge in [0.15, 0.2) is 0 Å². The summed E-state index contributed by atoms with van der Waals surface area (Å²) in [5.74, 6) is 1.74. The molecule has 1 fully saturated rings. The summed E-state index contributed by atoms with van der Waals surface area (Å²) >= 11 is 0. The Morgan fingerprint density at radius 1 is 1.14 bits per heavy atom. The number of benzene rings is 1. The van der Waals surface area contributed by atoms with Gasteiger partial charge in [0, 0.05) is 29.2 Å². The zero-order valence-corrected chi connectivity index (χ0v) is 12.6. The van der Waals surface area contributed by atoms with Gasteiger partial charge in [-0.3, -0.25) is 0 Å². The number of para-hydroxylation sites is 1. The standard InChI is InChI=1S/C19H22N2/c1-12-10-16-15-8-4-5-9-17(15)20-18(16)19-14-7-3-2-6-13(14)11-21(12)19/h2-5,8-9,12-14,19-20H,6-7,10-11H2,1H3/p+1. The van der Waals surface area contributed by atoms with E-state index in [1.54, 1.807) is 11.3 Å². The molecular weight excluding hydrogens is 256 g/mol. The molecule has 108 valence electrons. The predicted octanol–water partition coefficient (Wildman–Crippen LogP) is 2.63. The van der Waals surface area contributed by atoms with E-state index in [4.69, 9.17) is 0 Å². The Morgan fingerprint density at radius 3 is 2.95 bits per heavy atom. The van der Waals surface area contributed by atoms with Gasteiger partial charge >= 0.3 is 0 Å². The molecule has 5 rings (SSSR count). The minimum Gasteiger partial charge on any atom is -0.353 e. The second kappa shape index (κ2) is 4.23. The van der Waals surface area contributed by atoms with Crippen LogP contribution in [0.3, 0.4) is 0 Å². The average Bonchev–Trinajstić information content (AvgIpc) is 3.06. The van der Waals surface area contributed by atoms with E-state index in [9.17, 15) is 0 Å². The summed E-state index contributed by atoms with van der Waals surface area (Å²) in [5, 5.41) is 1.47. The van der Waals surface area contributed by atoms with E-state index in [0.717, 1.165) is 17.9 Å². The Labute approximate surface area is 125 Å². The van der Waals surface area contributed by atoms with Crippen LogP contribution in [0.1, 0.15) is 37.1 Å². The molecule has 0 radical (unpaired) electrons. The zero-order chi connectivity index (χ0) is 14.0. The van der Waals surface area contributed by atoms with Crippen LogP contribution in [0, 0.1) is 11.8 Å². The molecule has 3 aliphatic rings. The summed E-state index contributed by atoms with van der Waals surface area (Å²) in [6.45, 7) is 3.83. The van der Waals surface area contributed by atoms with Gasteiger partial charge < -0.3 is 9.88 Å². The molecule has 5 atom stereocenters. The fourth-order valence-electron chi connectivity index (χ4n) is 5.29. The van der Waals surface area contributed by atoms with Crippen molar-refractivity contribution < 1.29 is 4.90 Å². The van der Waals surface area contributed by atoms with Crippen molar-refractivity contribution in [2.45, 2.75) is 38.3 Å². The van der Waals surface area contributed by atoms with E-state index < -0.39 is 0 Å². The molecule has 1 aliphatic carbocycles. The lowest BCUT2D eigenvalue weighted by molar-refractivity contribution is -0.946. The third kappa shape index (κ3) is 1.57. The Hall–Kier alpha value is -1.54. The van der Waals surface area contributed by atoms with E-state index >= 15 is 0 Å². The number of H-pyrrole nitrogens is 1. The van der Waals surface area contributed by atoms with Crippen LogP contribution in [-0.2, 0) is 6.42 Å². The fraction of sp³-hybridized carbons (Fsp3) is 0.474. The van der Waals surface area contributed by atoms with Crippen molar-refractivity contribution in [3.8, 4) is 0 Å². The molecule has 1 saturated heterocycles. The largest absolute Gasteiger partial charge is 0.353 e. The number of allylic oxidation sites excluding steroid dienone is 2. The highest BCUT2D eigenvalue weighted by atomic mass is 15.2. The molecule has 0 bridgehead atoms. The number of fused-ring (bicyclic) bond motifs is 7. The molecule has 2 aliphatic heterocycles. The van der Waals surface area contributed by atoms with Crippen molar-refractivity contribution in [3.63, 3.8) is 0 Å². The molecule has 0 amide bonds. The van der Waals surface area contributed by atoms with Gasteiger partial charge in [0.25, 0.3) is 0 Å². The van der Waals surface area contributed by atoms with Crippen molar-refractivity contribution in [2.24, 2.45) is 11.8 Å². The monoisotopic (exact) mass is 279 g/mol. The van der Waals surface area contributed by atoms with Crippen molar-refractivity contribution >= 4 is 10.9 Å². The number of hydrogen-bond donors (Lipinski definition) is 2. The van der Waals surface area contributed by atoms with E-state index in [1.807, 2.05) is 4.90 Å². The second-order valence-electron chi connectivity index (χ2n) is 7.29. The lowest BCUT2D eigenvalue weighted by atomic mass is 9.79. The molecule has 0 saturated carbocycles. The molecule has 2 heteroatoms. The van der Waals surface area contributed by atoms with E-state index in [-0.39, 0.29) is 0 Å². The predicted molar refractivity (Wildman–Crippen MR) is 85.4 cm³/mol. The minimum absolute atomic E-state index is 0.700. The van der Waals surface area contributed by atoms with Gasteiger partial charge in [-0.2, -0.15) is 0 Å². The van der Waals surface area contributed by atoms with Gasteiger partial charge in [-0.05, 0) is 31.4 Å². The molecule has 1 aromatic heterocycles. The molecule has 1 aromatic carbocycles. The Bertz CT molecular complexity index is 726. The van der Waals surface area contributed by atoms with Crippen LogP contribution >= 0.6 is 0 Å². The molecule has 21 heavy (non-hydrogen) atoms. The quantitative estimate of drug-likeness (QED) is 0.692. The van der Waals surface area contributed by atoms with Crippen LogP contribution in [0.2, 0.25) is 0 Å². The van der Waals surface area contributed by atoms with Gasteiger partial charge in [0.1, 0.15) is 6.04 Å². The molecular formula is C19H23N2+. The van der Waals surface area contributed by atoms with Gasteiger partial charge in [-0.15, -0.1) is 0 Å². The van der Waals surface area contributed by atoms with Crippen molar-refractivity contribution in [1.82, 2.24) is 4.98 Å². The minimum atomic E-state index is 0.700. The maximum absolute atomic E-state index is 3.80. The highest BCUT2D eigenvalue weighted by Gasteiger charge is 2.51. The van der Waals surface area contributed by atoms with E-state index in [2.05, 4.69) is 48.3 Å². The summed E-state index contributed by atoms with van der Waals surface area (Å²) in [4.78, 5) is 5.64. The number of hydrogen-bond acceptors (Lipinski definition) is 0. The number of aromatic nitrogens is 1. The normalized spacial score (nSPS) is 37.3. The maximum Gasteiger partial charge on any atom is 0.132 e. The van der Waals surface area contributed by atoms with Gasteiger partial charge in [0.05, 0.1) is 18.3 Å². The van der Waals surface area contributed by atoms with Crippen LogP contribution in [0.25, 0.3) is 10.9 Å². The van der Waals surface area contributed by atoms with Crippen molar-refractivity contribution in [3.05, 3.63) is 47.7 Å². The average molecular weight is 279 g/mol. The van der Waals surface area contributed by atoms with Crippen LogP contribution in [0.4, 0.5) is 0 Å². The number of quaternary nitrogens is 1. The summed E-state index contributed by atoms with van der Waals surface area (Å²) < 4.78 is 0. The molecule has 0 spiro atoms. The van der Waals surface area contributed by atoms with Crippen LogP contribution in [0.15, 0.2) is 36.4 Å². The highest BCUT2D eigenvalue weighted by Crippen LogP contribution is 2.42. The topological polar surface area (TPSA) is 20.2 Å². The molecule has 3 heterocycles. The zero-order valence-electron chi connectivity index (χ0n) is 12.6. The Kier molecular flexibility index (Phi) is 2.43. The lowest BCUT2D eigenvalue weighted by Gasteiger charge is -2.34. The Balaban J connectivity index is 1.70. The molecule has 2 nitrogen and oxygen atoms in total. The van der Waals surface area contributed by atoms with E-state index in [0.29, 0.717) is 6.04 Å². The maximum atomic E-state index is 3.80. The first-order chi connectivity index (χ1) is 10.3. The summed E-state index contributed by atoms with van der Waals surface area (Å²) in [6.07, 6.45) is 8.65. The smallest absolute Gasteiger partial charge is 0.132 e. The lowest BCUT2D eigenvalue weighted by Crippen LogP contribution is -3.15. The van der Waals surface area contributed by atoms with Gasteiger partial charge in [0.2, 0.25) is 0 Å². The summed E-state index contributed by atoms with van der Waals surface area (Å²) in [7, 11) is 0. The van der Waals surface area contributed by atoms with E-state index in [1.165, 1.54) is 36.7 Å². The van der Waals surface area contributed by atoms with Gasteiger partial charge in [-0.1, -0.05) is 30.4 Å². The highest BCUT2D eigenvalue weighted by molar-refractivity contribution is 5.85. The fourth-order valence-corrected chi connectivity index (χ4v) is 5.29. The summed E-state index contributed by atoms with van der Waals surface area (Å²) in [5.41, 5.74) is 4.51. The second-order valence-corrected chi connectivity index (χ2v) is 7.29. The Morgan fingerprint density at radius 2 is 2.00 bits per heavy atom. The summed E-state index contributed by atoms with van der Waals surface area (Å²) in [6, 6.07) is 10.3.